The van der Waals surface area contributed by atoms with E-state index in [1.54, 1.807) is 6.92 Å². The van der Waals surface area contributed by atoms with E-state index in [0.29, 0.717) is 21.7 Å². The predicted octanol–water partition coefficient (Wildman–Crippen LogP) is 0.910. The van der Waals surface area contributed by atoms with Gasteiger partial charge in [-0.1, -0.05) is 0 Å². The fourth-order valence-electron chi connectivity index (χ4n) is 1.24. The van der Waals surface area contributed by atoms with Crippen LogP contribution in [0.1, 0.15) is 11.3 Å². The highest BCUT2D eigenvalue weighted by Crippen LogP contribution is 2.26. The Morgan fingerprint density at radius 1 is 1.35 bits per heavy atom. The van der Waals surface area contributed by atoms with Crippen molar-refractivity contribution in [2.24, 2.45) is 0 Å². The molecule has 7 heteroatoms. The second kappa shape index (κ2) is 4.54. The molecule has 17 heavy (non-hydrogen) atoms. The summed E-state index contributed by atoms with van der Waals surface area (Å²) in [5, 5.41) is 1.18. The van der Waals surface area contributed by atoms with Gasteiger partial charge in [0.2, 0.25) is 0 Å². The van der Waals surface area contributed by atoms with Gasteiger partial charge in [0.1, 0.15) is 17.2 Å². The van der Waals surface area contributed by atoms with Crippen LogP contribution in [0, 0.1) is 13.8 Å². The van der Waals surface area contributed by atoms with Gasteiger partial charge in [-0.05, 0) is 25.6 Å². The minimum Gasteiger partial charge on any atom is -0.383 e. The second-order valence-electron chi connectivity index (χ2n) is 3.48. The number of rotatable bonds is 2. The Hall–Kier alpha value is -1.89. The molecule has 0 aliphatic heterocycles. The number of hydrogen-bond donors (Lipinski definition) is 2. The van der Waals surface area contributed by atoms with Crippen molar-refractivity contribution in [3.05, 3.63) is 34.0 Å². The maximum Gasteiger partial charge on any atom is 0.251 e. The molecule has 0 aliphatic carbocycles. The Balaban J connectivity index is 2.38. The van der Waals surface area contributed by atoms with Gasteiger partial charge in [-0.3, -0.25) is 4.79 Å². The molecule has 0 aliphatic rings. The van der Waals surface area contributed by atoms with Crippen LogP contribution in [0.3, 0.4) is 0 Å². The average molecular weight is 249 g/mol. The Morgan fingerprint density at radius 3 is 2.82 bits per heavy atom. The van der Waals surface area contributed by atoms with Crippen molar-refractivity contribution < 1.29 is 0 Å². The number of nitrogens with two attached hydrogens (primary N) is 1. The van der Waals surface area contributed by atoms with E-state index in [2.05, 4.69) is 19.9 Å². The van der Waals surface area contributed by atoms with Crippen LogP contribution in [-0.4, -0.2) is 19.9 Å². The van der Waals surface area contributed by atoms with Gasteiger partial charge < -0.3 is 10.7 Å². The summed E-state index contributed by atoms with van der Waals surface area (Å²) in [6, 6.07) is 1.44. The van der Waals surface area contributed by atoms with Crippen molar-refractivity contribution in [2.75, 3.05) is 5.73 Å². The molecule has 0 aromatic carbocycles. The molecule has 2 aromatic heterocycles. The SMILES string of the molecule is Cc1cc(=O)[nH]c(Sc2ncnc(N)c2C)n1. The highest BCUT2D eigenvalue weighted by atomic mass is 32.2. The van der Waals surface area contributed by atoms with Crippen molar-refractivity contribution in [1.29, 1.82) is 0 Å². The van der Waals surface area contributed by atoms with Crippen molar-refractivity contribution in [2.45, 2.75) is 24.0 Å². The number of nitrogens with zero attached hydrogens (tertiary/aromatic N) is 3. The van der Waals surface area contributed by atoms with Crippen molar-refractivity contribution in [3.63, 3.8) is 0 Å². The molecule has 6 nitrogen and oxygen atoms in total. The number of nitrogens with one attached hydrogen (secondary N) is 1. The molecule has 88 valence electrons. The van der Waals surface area contributed by atoms with Crippen LogP contribution in [0.25, 0.3) is 0 Å². The third kappa shape index (κ3) is 2.62. The van der Waals surface area contributed by atoms with E-state index in [9.17, 15) is 4.79 Å². The van der Waals surface area contributed by atoms with Gasteiger partial charge >= 0.3 is 0 Å². The fraction of sp³-hybridized carbons (Fsp3) is 0.200. The van der Waals surface area contributed by atoms with Crippen LogP contribution >= 0.6 is 11.8 Å². The van der Waals surface area contributed by atoms with E-state index < -0.39 is 0 Å². The maximum absolute atomic E-state index is 11.3. The van der Waals surface area contributed by atoms with Crippen LogP contribution in [-0.2, 0) is 0 Å². The van der Waals surface area contributed by atoms with E-state index >= 15 is 0 Å². The molecule has 2 aromatic rings. The number of aromatic nitrogens is 4. The lowest BCUT2D eigenvalue weighted by Gasteiger charge is -2.05. The molecule has 0 bridgehead atoms. The number of anilines is 1. The van der Waals surface area contributed by atoms with Gasteiger partial charge in [0.15, 0.2) is 5.16 Å². The molecule has 0 amide bonds. The van der Waals surface area contributed by atoms with Crippen LogP contribution in [0.15, 0.2) is 27.4 Å². The quantitative estimate of drug-likeness (QED) is 0.606. The zero-order chi connectivity index (χ0) is 12.4. The first-order chi connectivity index (χ1) is 8.06. The lowest BCUT2D eigenvalue weighted by molar-refractivity contribution is 0.898. The standard InChI is InChI=1S/C10H11N5OS/c1-5-3-7(16)15-10(14-5)17-9-6(2)8(11)12-4-13-9/h3-4H,1-2H3,(H2,11,12,13)(H,14,15,16). The van der Waals surface area contributed by atoms with Crippen LogP contribution < -0.4 is 11.3 Å². The highest BCUT2D eigenvalue weighted by Gasteiger charge is 2.08. The molecule has 2 heterocycles. The minimum atomic E-state index is -0.181. The lowest BCUT2D eigenvalue weighted by atomic mass is 10.4. The summed E-state index contributed by atoms with van der Waals surface area (Å²) in [5.41, 5.74) is 6.94. The van der Waals surface area contributed by atoms with E-state index in [-0.39, 0.29) is 5.56 Å². The molecule has 0 radical (unpaired) electrons. The van der Waals surface area contributed by atoms with Crippen molar-refractivity contribution >= 4 is 17.6 Å². The topological polar surface area (TPSA) is 97.5 Å². The summed E-state index contributed by atoms with van der Waals surface area (Å²) >= 11 is 1.26. The normalized spacial score (nSPS) is 10.5. The van der Waals surface area contributed by atoms with E-state index in [1.165, 1.54) is 24.2 Å². The van der Waals surface area contributed by atoms with Gasteiger partial charge in [0, 0.05) is 17.3 Å². The van der Waals surface area contributed by atoms with E-state index in [0.717, 1.165) is 5.56 Å². The Labute approximate surface area is 102 Å². The molecule has 3 N–H and O–H groups in total. The van der Waals surface area contributed by atoms with Gasteiger partial charge in [0.25, 0.3) is 5.56 Å². The molecule has 0 saturated carbocycles. The molecule has 0 fully saturated rings. The fourth-order valence-corrected chi connectivity index (χ4v) is 2.12. The second-order valence-corrected chi connectivity index (χ2v) is 4.46. The van der Waals surface area contributed by atoms with Crippen LogP contribution in [0.5, 0.6) is 0 Å². The molecule has 0 saturated heterocycles. The highest BCUT2D eigenvalue weighted by molar-refractivity contribution is 7.99. The smallest absolute Gasteiger partial charge is 0.251 e. The maximum atomic E-state index is 11.3. The summed E-state index contributed by atoms with van der Waals surface area (Å²) < 4.78 is 0. The summed E-state index contributed by atoms with van der Waals surface area (Å²) in [7, 11) is 0. The van der Waals surface area contributed by atoms with Gasteiger partial charge in [-0.25, -0.2) is 15.0 Å². The Bertz CT molecular complexity index is 610. The molecule has 2 rings (SSSR count). The monoisotopic (exact) mass is 249 g/mol. The Kier molecular flexibility index (Phi) is 3.10. The average Bonchev–Trinajstić information content (AvgIpc) is 2.23. The first kappa shape index (κ1) is 11.6. The first-order valence-electron chi connectivity index (χ1n) is 4.89. The number of aromatic amines is 1. The first-order valence-corrected chi connectivity index (χ1v) is 5.71. The molecule has 0 spiro atoms. The van der Waals surface area contributed by atoms with Crippen molar-refractivity contribution in [1.82, 2.24) is 19.9 Å². The van der Waals surface area contributed by atoms with Gasteiger partial charge in [-0.15, -0.1) is 0 Å². The van der Waals surface area contributed by atoms with Gasteiger partial charge in [0.05, 0.1) is 0 Å². The third-order valence-corrected chi connectivity index (χ3v) is 3.11. The molecule has 0 unspecified atom stereocenters. The molecule has 0 atom stereocenters. The third-order valence-electron chi connectivity index (χ3n) is 2.12. The molecular weight excluding hydrogens is 238 g/mol. The summed E-state index contributed by atoms with van der Waals surface area (Å²) in [6.07, 6.45) is 1.39. The summed E-state index contributed by atoms with van der Waals surface area (Å²) in [5.74, 6) is 0.428. The number of nitrogen functional groups attached to an aromatic ring is 1. The largest absolute Gasteiger partial charge is 0.383 e. The lowest BCUT2D eigenvalue weighted by Crippen LogP contribution is -2.08. The van der Waals surface area contributed by atoms with E-state index in [1.807, 2.05) is 6.92 Å². The Morgan fingerprint density at radius 2 is 2.12 bits per heavy atom. The molecular formula is C10H11N5OS. The zero-order valence-corrected chi connectivity index (χ0v) is 10.2. The van der Waals surface area contributed by atoms with Gasteiger partial charge in [-0.2, -0.15) is 0 Å². The summed E-state index contributed by atoms with van der Waals surface area (Å²) in [4.78, 5) is 26.1. The zero-order valence-electron chi connectivity index (χ0n) is 9.39. The number of hydrogen-bond acceptors (Lipinski definition) is 6. The predicted molar refractivity (Wildman–Crippen MR) is 64.9 cm³/mol. The van der Waals surface area contributed by atoms with Crippen LogP contribution in [0.2, 0.25) is 0 Å². The summed E-state index contributed by atoms with van der Waals surface area (Å²) in [6.45, 7) is 3.59. The minimum absolute atomic E-state index is 0.181. The van der Waals surface area contributed by atoms with Crippen molar-refractivity contribution in [3.8, 4) is 0 Å². The number of H-pyrrole nitrogens is 1. The van der Waals surface area contributed by atoms with Crippen LogP contribution in [0.4, 0.5) is 5.82 Å². The van der Waals surface area contributed by atoms with E-state index in [4.69, 9.17) is 5.73 Å². The number of aryl methyl sites for hydroxylation is 1.